The fraction of sp³-hybridized carbons (Fsp3) is 0.455. The van der Waals surface area contributed by atoms with E-state index in [0.717, 1.165) is 0 Å². The molecule has 4 unspecified atom stereocenters. The molecule has 4 atom stereocenters. The molecular formula is C11H14N2O5. The maximum atomic E-state index is 11.8. The van der Waals surface area contributed by atoms with Gasteiger partial charge in [0.2, 0.25) is 0 Å². The lowest BCUT2D eigenvalue weighted by Crippen LogP contribution is -2.43. The van der Waals surface area contributed by atoms with Gasteiger partial charge in [-0.3, -0.25) is 9.78 Å². The van der Waals surface area contributed by atoms with Crippen LogP contribution in [0.25, 0.3) is 0 Å². The second-order valence-corrected chi connectivity index (χ2v) is 3.97. The lowest BCUT2D eigenvalue weighted by Gasteiger charge is -2.16. The van der Waals surface area contributed by atoms with Gasteiger partial charge in [-0.2, -0.15) is 0 Å². The van der Waals surface area contributed by atoms with Gasteiger partial charge in [0.1, 0.15) is 18.3 Å². The van der Waals surface area contributed by atoms with E-state index in [-0.39, 0.29) is 0 Å². The molecule has 1 fully saturated rings. The highest BCUT2D eigenvalue weighted by Gasteiger charge is 2.43. The average molecular weight is 254 g/mol. The smallest absolute Gasteiger partial charge is 0.254 e. The zero-order chi connectivity index (χ0) is 13.1. The normalized spacial score (nSPS) is 31.3. The molecule has 1 aliphatic rings. The Hall–Kier alpha value is -1.54. The van der Waals surface area contributed by atoms with Crippen LogP contribution < -0.4 is 5.32 Å². The Labute approximate surface area is 103 Å². The largest absolute Gasteiger partial charge is 0.394 e. The maximum absolute atomic E-state index is 11.8. The molecule has 0 saturated carbocycles. The summed E-state index contributed by atoms with van der Waals surface area (Å²) in [4.78, 5) is 15.6. The molecule has 18 heavy (non-hydrogen) atoms. The maximum Gasteiger partial charge on any atom is 0.254 e. The van der Waals surface area contributed by atoms with E-state index in [2.05, 4.69) is 10.3 Å². The van der Waals surface area contributed by atoms with Crippen molar-refractivity contribution in [2.75, 3.05) is 6.61 Å². The monoisotopic (exact) mass is 254 g/mol. The van der Waals surface area contributed by atoms with Crippen LogP contribution in [0.5, 0.6) is 0 Å². The van der Waals surface area contributed by atoms with Crippen LogP contribution in [0.4, 0.5) is 0 Å². The van der Waals surface area contributed by atoms with Crippen molar-refractivity contribution in [1.29, 1.82) is 0 Å². The Kier molecular flexibility index (Phi) is 3.87. The number of aliphatic hydroxyl groups excluding tert-OH is 3. The van der Waals surface area contributed by atoms with Crippen molar-refractivity contribution < 1.29 is 24.9 Å². The van der Waals surface area contributed by atoms with Crippen LogP contribution in [-0.4, -0.2) is 57.4 Å². The van der Waals surface area contributed by atoms with Gasteiger partial charge in [-0.15, -0.1) is 0 Å². The Morgan fingerprint density at radius 3 is 2.78 bits per heavy atom. The summed E-state index contributed by atoms with van der Waals surface area (Å²) in [6, 6.07) is 3.16. The summed E-state index contributed by atoms with van der Waals surface area (Å²) in [6.45, 7) is -0.433. The van der Waals surface area contributed by atoms with Crippen LogP contribution in [0.3, 0.4) is 0 Å². The number of aromatic nitrogens is 1. The Balaban J connectivity index is 2.00. The average Bonchev–Trinajstić information content (AvgIpc) is 2.67. The van der Waals surface area contributed by atoms with Gasteiger partial charge in [0, 0.05) is 12.4 Å². The first kappa shape index (κ1) is 12.9. The van der Waals surface area contributed by atoms with Gasteiger partial charge >= 0.3 is 0 Å². The molecule has 0 aliphatic carbocycles. The van der Waals surface area contributed by atoms with E-state index in [0.29, 0.717) is 5.56 Å². The molecule has 1 saturated heterocycles. The van der Waals surface area contributed by atoms with E-state index >= 15 is 0 Å². The van der Waals surface area contributed by atoms with Crippen molar-refractivity contribution in [2.24, 2.45) is 0 Å². The number of nitrogens with zero attached hydrogens (tertiary/aromatic N) is 1. The molecule has 0 spiro atoms. The van der Waals surface area contributed by atoms with Crippen LogP contribution in [0.2, 0.25) is 0 Å². The van der Waals surface area contributed by atoms with Gasteiger partial charge < -0.3 is 25.4 Å². The van der Waals surface area contributed by atoms with Crippen molar-refractivity contribution in [3.63, 3.8) is 0 Å². The van der Waals surface area contributed by atoms with E-state index < -0.39 is 37.1 Å². The summed E-state index contributed by atoms with van der Waals surface area (Å²) in [7, 11) is 0. The number of hydrogen-bond donors (Lipinski definition) is 4. The Morgan fingerprint density at radius 2 is 2.22 bits per heavy atom. The van der Waals surface area contributed by atoms with E-state index in [4.69, 9.17) is 9.84 Å². The predicted molar refractivity (Wildman–Crippen MR) is 59.5 cm³/mol. The fourth-order valence-electron chi connectivity index (χ4n) is 1.73. The number of nitrogens with one attached hydrogen (secondary N) is 1. The number of carbonyl (C=O) groups is 1. The summed E-state index contributed by atoms with van der Waals surface area (Å²) in [5.74, 6) is -0.474. The van der Waals surface area contributed by atoms with Crippen molar-refractivity contribution in [2.45, 2.75) is 24.5 Å². The second-order valence-electron chi connectivity index (χ2n) is 3.97. The minimum atomic E-state index is -1.28. The first-order chi connectivity index (χ1) is 8.63. The topological polar surface area (TPSA) is 112 Å². The Morgan fingerprint density at radius 1 is 1.44 bits per heavy atom. The molecule has 1 aromatic heterocycles. The van der Waals surface area contributed by atoms with Crippen LogP contribution >= 0.6 is 0 Å². The molecule has 2 rings (SSSR count). The van der Waals surface area contributed by atoms with Gasteiger partial charge in [-0.25, -0.2) is 0 Å². The number of pyridine rings is 1. The minimum absolute atomic E-state index is 0.315. The molecule has 7 nitrogen and oxygen atoms in total. The summed E-state index contributed by atoms with van der Waals surface area (Å²) in [5.41, 5.74) is 0.315. The van der Waals surface area contributed by atoms with Gasteiger partial charge in [0.25, 0.3) is 5.91 Å². The second kappa shape index (κ2) is 5.40. The highest BCUT2D eigenvalue weighted by Crippen LogP contribution is 2.19. The van der Waals surface area contributed by atoms with Crippen molar-refractivity contribution in [1.82, 2.24) is 10.3 Å². The predicted octanol–water partition coefficient (Wildman–Crippen LogP) is -1.75. The third kappa shape index (κ3) is 2.49. The summed E-state index contributed by atoms with van der Waals surface area (Å²) >= 11 is 0. The quantitative estimate of drug-likeness (QED) is 0.509. The van der Waals surface area contributed by atoms with Gasteiger partial charge in [-0.05, 0) is 12.1 Å². The number of amides is 1. The lowest BCUT2D eigenvalue weighted by molar-refractivity contribution is -0.0304. The van der Waals surface area contributed by atoms with Gasteiger partial charge in [0.05, 0.1) is 12.2 Å². The Bertz CT molecular complexity index is 413. The van der Waals surface area contributed by atoms with Gasteiger partial charge in [-0.1, -0.05) is 0 Å². The molecule has 0 bridgehead atoms. The molecule has 1 aliphatic heterocycles. The van der Waals surface area contributed by atoms with Crippen molar-refractivity contribution >= 4 is 5.91 Å². The highest BCUT2D eigenvalue weighted by atomic mass is 16.6. The molecule has 2 heterocycles. The molecule has 7 heteroatoms. The van der Waals surface area contributed by atoms with Crippen molar-refractivity contribution in [3.8, 4) is 0 Å². The fourth-order valence-corrected chi connectivity index (χ4v) is 1.73. The zero-order valence-electron chi connectivity index (χ0n) is 9.43. The SMILES string of the molecule is O=C(NC1OC(CO)C(O)C1O)c1cccnc1. The first-order valence-electron chi connectivity index (χ1n) is 5.47. The third-order valence-corrected chi connectivity index (χ3v) is 2.74. The minimum Gasteiger partial charge on any atom is -0.394 e. The van der Waals surface area contributed by atoms with Crippen LogP contribution in [0.1, 0.15) is 10.4 Å². The third-order valence-electron chi connectivity index (χ3n) is 2.74. The summed E-state index contributed by atoms with van der Waals surface area (Å²) in [6.07, 6.45) is -1.55. The lowest BCUT2D eigenvalue weighted by atomic mass is 10.1. The number of ether oxygens (including phenoxy) is 1. The van der Waals surface area contributed by atoms with Crippen LogP contribution in [0, 0.1) is 0 Å². The molecular weight excluding hydrogens is 240 g/mol. The summed E-state index contributed by atoms with van der Waals surface area (Å²) < 4.78 is 5.12. The number of carbonyl (C=O) groups excluding carboxylic acids is 1. The molecule has 0 radical (unpaired) electrons. The van der Waals surface area contributed by atoms with Gasteiger partial charge in [0.15, 0.2) is 6.23 Å². The van der Waals surface area contributed by atoms with E-state index in [9.17, 15) is 15.0 Å². The van der Waals surface area contributed by atoms with E-state index in [1.165, 1.54) is 12.4 Å². The van der Waals surface area contributed by atoms with E-state index in [1.54, 1.807) is 12.1 Å². The summed E-state index contributed by atoms with van der Waals surface area (Å²) in [5, 5.41) is 30.5. The highest BCUT2D eigenvalue weighted by molar-refractivity contribution is 5.93. The first-order valence-corrected chi connectivity index (χ1v) is 5.47. The van der Waals surface area contributed by atoms with Crippen molar-refractivity contribution in [3.05, 3.63) is 30.1 Å². The van der Waals surface area contributed by atoms with Crippen LogP contribution in [0.15, 0.2) is 24.5 Å². The molecule has 4 N–H and O–H groups in total. The molecule has 1 aromatic rings. The number of aliphatic hydroxyl groups is 3. The molecule has 0 aromatic carbocycles. The standard InChI is InChI=1S/C11H14N2O5/c14-5-7-8(15)9(16)11(18-7)13-10(17)6-2-1-3-12-4-6/h1-4,7-9,11,14-16H,5H2,(H,13,17). The van der Waals surface area contributed by atoms with Crippen LogP contribution in [-0.2, 0) is 4.74 Å². The van der Waals surface area contributed by atoms with E-state index in [1.807, 2.05) is 0 Å². The molecule has 1 amide bonds. The molecule has 98 valence electrons. The zero-order valence-corrected chi connectivity index (χ0v) is 9.43. The number of rotatable bonds is 3. The number of hydrogen-bond acceptors (Lipinski definition) is 6.